The molecule has 0 unspecified atom stereocenters. The van der Waals surface area contributed by atoms with Gasteiger partial charge in [-0.05, 0) is 11.6 Å². The summed E-state index contributed by atoms with van der Waals surface area (Å²) in [5, 5.41) is 2.96. The molecule has 0 atom stereocenters. The van der Waals surface area contributed by atoms with E-state index in [4.69, 9.17) is 5.73 Å². The topological polar surface area (TPSA) is 38.0 Å². The molecule has 0 aromatic carbocycles. The average Bonchev–Trinajstić information content (AvgIpc) is 2.13. The fraction of sp³-hybridized carbons (Fsp3) is 0.143. The third-order valence-electron chi connectivity index (χ3n) is 1.12. The van der Waals surface area contributed by atoms with Crippen LogP contribution in [0.3, 0.4) is 0 Å². The predicted molar refractivity (Wildman–Crippen MR) is 38.6 cm³/mol. The summed E-state index contributed by atoms with van der Waals surface area (Å²) in [5.41, 5.74) is 6.50. The van der Waals surface area contributed by atoms with Gasteiger partial charge in [0, 0.05) is 18.9 Å². The summed E-state index contributed by atoms with van der Waals surface area (Å²) in [4.78, 5) is 0. The Balaban J connectivity index is 2.63. The number of nitrogens with one attached hydrogen (secondary N) is 1. The van der Waals surface area contributed by atoms with Gasteiger partial charge in [-0.1, -0.05) is 12.2 Å². The van der Waals surface area contributed by atoms with Gasteiger partial charge in [0.15, 0.2) is 0 Å². The van der Waals surface area contributed by atoms with E-state index in [-0.39, 0.29) is 0 Å². The van der Waals surface area contributed by atoms with E-state index in [2.05, 4.69) is 5.32 Å². The Morgan fingerprint density at radius 3 is 3.11 bits per heavy atom. The van der Waals surface area contributed by atoms with Gasteiger partial charge >= 0.3 is 0 Å². The smallest absolute Gasteiger partial charge is 0.0192 e. The molecule has 0 aliphatic carbocycles. The molecule has 1 aliphatic heterocycles. The molecule has 0 aromatic heterocycles. The standard InChI is InChI=1S/C7H10N2/c8-5-7-3-1-2-4-9-6-7/h1-4,6,9H,5,8H2. The molecular formula is C7H10N2. The summed E-state index contributed by atoms with van der Waals surface area (Å²) < 4.78 is 0. The minimum atomic E-state index is 0.588. The highest BCUT2D eigenvalue weighted by atomic mass is 14.8. The maximum absolute atomic E-state index is 5.39. The average molecular weight is 122 g/mol. The molecule has 0 fully saturated rings. The van der Waals surface area contributed by atoms with Gasteiger partial charge in [-0.15, -0.1) is 0 Å². The molecular weight excluding hydrogens is 112 g/mol. The SMILES string of the molecule is NCC1=CNC=CC=C1. The van der Waals surface area contributed by atoms with Crippen molar-refractivity contribution in [1.29, 1.82) is 0 Å². The van der Waals surface area contributed by atoms with Crippen LogP contribution in [0.5, 0.6) is 0 Å². The van der Waals surface area contributed by atoms with E-state index in [1.165, 1.54) is 0 Å². The fourth-order valence-electron chi connectivity index (χ4n) is 0.620. The van der Waals surface area contributed by atoms with Gasteiger partial charge in [0.05, 0.1) is 0 Å². The minimum Gasteiger partial charge on any atom is -0.367 e. The Morgan fingerprint density at radius 2 is 2.33 bits per heavy atom. The van der Waals surface area contributed by atoms with Gasteiger partial charge in [0.25, 0.3) is 0 Å². The number of hydrogen-bond donors (Lipinski definition) is 2. The third-order valence-corrected chi connectivity index (χ3v) is 1.12. The van der Waals surface area contributed by atoms with Crippen molar-refractivity contribution in [2.75, 3.05) is 6.54 Å². The van der Waals surface area contributed by atoms with E-state index in [0.29, 0.717) is 6.54 Å². The molecule has 1 rings (SSSR count). The lowest BCUT2D eigenvalue weighted by molar-refractivity contribution is 1.11. The van der Waals surface area contributed by atoms with Crippen LogP contribution in [0, 0.1) is 0 Å². The lowest BCUT2D eigenvalue weighted by Crippen LogP contribution is -2.03. The zero-order valence-electron chi connectivity index (χ0n) is 5.17. The lowest BCUT2D eigenvalue weighted by atomic mass is 10.3. The second-order valence-electron chi connectivity index (χ2n) is 1.81. The van der Waals surface area contributed by atoms with E-state index in [1.807, 2.05) is 30.6 Å². The second-order valence-corrected chi connectivity index (χ2v) is 1.81. The lowest BCUT2D eigenvalue weighted by Gasteiger charge is -1.92. The van der Waals surface area contributed by atoms with Crippen LogP contribution in [-0.2, 0) is 0 Å². The van der Waals surface area contributed by atoms with Crippen LogP contribution >= 0.6 is 0 Å². The molecule has 0 aromatic rings. The monoisotopic (exact) mass is 122 g/mol. The Bertz CT molecular complexity index is 166. The summed E-state index contributed by atoms with van der Waals surface area (Å²) in [6.45, 7) is 0.588. The number of allylic oxidation sites excluding steroid dienone is 2. The summed E-state index contributed by atoms with van der Waals surface area (Å²) in [7, 11) is 0. The van der Waals surface area contributed by atoms with Gasteiger partial charge in [0.2, 0.25) is 0 Å². The van der Waals surface area contributed by atoms with Crippen LogP contribution in [-0.4, -0.2) is 6.54 Å². The Morgan fingerprint density at radius 1 is 1.44 bits per heavy atom. The molecule has 3 N–H and O–H groups in total. The van der Waals surface area contributed by atoms with Crippen molar-refractivity contribution in [2.45, 2.75) is 0 Å². The Labute approximate surface area is 54.7 Å². The molecule has 9 heavy (non-hydrogen) atoms. The van der Waals surface area contributed by atoms with Crippen molar-refractivity contribution in [3.8, 4) is 0 Å². The normalized spacial score (nSPS) is 16.3. The van der Waals surface area contributed by atoms with E-state index >= 15 is 0 Å². The molecule has 0 radical (unpaired) electrons. The van der Waals surface area contributed by atoms with Crippen LogP contribution in [0.2, 0.25) is 0 Å². The highest BCUT2D eigenvalue weighted by Crippen LogP contribution is 1.94. The van der Waals surface area contributed by atoms with Crippen molar-refractivity contribution in [3.63, 3.8) is 0 Å². The molecule has 2 nitrogen and oxygen atoms in total. The minimum absolute atomic E-state index is 0.588. The Kier molecular flexibility index (Phi) is 2.10. The molecule has 1 aliphatic rings. The molecule has 1 heterocycles. The van der Waals surface area contributed by atoms with Gasteiger partial charge in [-0.3, -0.25) is 0 Å². The first-order valence-electron chi connectivity index (χ1n) is 2.92. The van der Waals surface area contributed by atoms with Crippen molar-refractivity contribution in [3.05, 3.63) is 36.2 Å². The number of hydrogen-bond acceptors (Lipinski definition) is 2. The van der Waals surface area contributed by atoms with Crippen LogP contribution < -0.4 is 11.1 Å². The van der Waals surface area contributed by atoms with E-state index in [1.54, 1.807) is 0 Å². The summed E-state index contributed by atoms with van der Waals surface area (Å²) in [5.74, 6) is 0. The molecule has 0 saturated carbocycles. The highest BCUT2D eigenvalue weighted by molar-refractivity contribution is 5.25. The molecule has 48 valence electrons. The third kappa shape index (κ3) is 1.74. The van der Waals surface area contributed by atoms with Gasteiger partial charge in [-0.2, -0.15) is 0 Å². The fourth-order valence-corrected chi connectivity index (χ4v) is 0.620. The first-order valence-corrected chi connectivity index (χ1v) is 2.92. The van der Waals surface area contributed by atoms with E-state index < -0.39 is 0 Å². The zero-order chi connectivity index (χ0) is 6.53. The van der Waals surface area contributed by atoms with Crippen LogP contribution in [0.1, 0.15) is 0 Å². The van der Waals surface area contributed by atoms with E-state index in [0.717, 1.165) is 5.57 Å². The molecule has 2 heteroatoms. The van der Waals surface area contributed by atoms with Crippen LogP contribution in [0.4, 0.5) is 0 Å². The predicted octanol–water partition coefficient (Wildman–Crippen LogP) is 0.502. The van der Waals surface area contributed by atoms with Crippen LogP contribution in [0.15, 0.2) is 36.2 Å². The highest BCUT2D eigenvalue weighted by Gasteiger charge is 1.86. The summed E-state index contributed by atoms with van der Waals surface area (Å²) in [6, 6.07) is 0. The largest absolute Gasteiger partial charge is 0.367 e. The summed E-state index contributed by atoms with van der Waals surface area (Å²) in [6.07, 6.45) is 9.62. The van der Waals surface area contributed by atoms with E-state index in [9.17, 15) is 0 Å². The first kappa shape index (κ1) is 6.11. The van der Waals surface area contributed by atoms with Crippen LogP contribution in [0.25, 0.3) is 0 Å². The van der Waals surface area contributed by atoms with Crippen molar-refractivity contribution in [2.24, 2.45) is 5.73 Å². The maximum atomic E-state index is 5.39. The van der Waals surface area contributed by atoms with Gasteiger partial charge in [-0.25, -0.2) is 0 Å². The number of rotatable bonds is 1. The summed E-state index contributed by atoms with van der Waals surface area (Å²) >= 11 is 0. The first-order chi connectivity index (χ1) is 4.43. The molecule has 0 spiro atoms. The molecule has 0 saturated heterocycles. The van der Waals surface area contributed by atoms with Crippen molar-refractivity contribution >= 4 is 0 Å². The maximum Gasteiger partial charge on any atom is 0.0192 e. The molecule has 0 amide bonds. The number of nitrogens with two attached hydrogens (primary N) is 1. The second kappa shape index (κ2) is 3.10. The zero-order valence-corrected chi connectivity index (χ0v) is 5.17. The Hall–Kier alpha value is -1.02. The van der Waals surface area contributed by atoms with Crippen molar-refractivity contribution in [1.82, 2.24) is 5.32 Å². The van der Waals surface area contributed by atoms with Gasteiger partial charge in [0.1, 0.15) is 0 Å². The quantitative estimate of drug-likeness (QED) is 0.531. The van der Waals surface area contributed by atoms with Crippen molar-refractivity contribution < 1.29 is 0 Å². The van der Waals surface area contributed by atoms with Gasteiger partial charge < -0.3 is 11.1 Å². The molecule has 0 bridgehead atoms.